The van der Waals surface area contributed by atoms with Crippen LogP contribution in [0.5, 0.6) is 0 Å². The van der Waals surface area contributed by atoms with E-state index in [1.54, 1.807) is 0 Å². The van der Waals surface area contributed by atoms with Crippen molar-refractivity contribution in [2.24, 2.45) is 0 Å². The van der Waals surface area contributed by atoms with Crippen LogP contribution in [0.3, 0.4) is 0 Å². The number of hydrogen-bond donors (Lipinski definition) is 1. The van der Waals surface area contributed by atoms with E-state index in [0.29, 0.717) is 0 Å². The first-order valence-corrected chi connectivity index (χ1v) is 7.67. The van der Waals surface area contributed by atoms with Gasteiger partial charge in [-0.25, -0.2) is 0 Å². The van der Waals surface area contributed by atoms with Crippen molar-refractivity contribution in [1.82, 2.24) is 5.32 Å². The number of furan rings is 1. The van der Waals surface area contributed by atoms with E-state index >= 15 is 0 Å². The molecule has 20 heavy (non-hydrogen) atoms. The summed E-state index contributed by atoms with van der Waals surface area (Å²) in [5, 5.41) is 3.48. The Balaban J connectivity index is 2.01. The summed E-state index contributed by atoms with van der Waals surface area (Å²) < 4.78 is 5.62. The van der Waals surface area contributed by atoms with E-state index < -0.39 is 0 Å². The largest absolute Gasteiger partial charge is 0.469 e. The average molecular weight is 269 g/mol. The standard InChI is InChI=1S/C18H23NO/c1-3-17-16(11-12-20-17)18(19-2)15-10-5-4-9-14(15)13-7-6-8-13/h4-5,9-13,18-19H,3,6-8H2,1-2H3. The van der Waals surface area contributed by atoms with Crippen LogP contribution in [0.4, 0.5) is 0 Å². The van der Waals surface area contributed by atoms with Gasteiger partial charge in [0.2, 0.25) is 0 Å². The van der Waals surface area contributed by atoms with Crippen molar-refractivity contribution in [3.63, 3.8) is 0 Å². The highest BCUT2D eigenvalue weighted by Gasteiger charge is 2.26. The van der Waals surface area contributed by atoms with Crippen molar-refractivity contribution in [1.29, 1.82) is 0 Å². The van der Waals surface area contributed by atoms with Gasteiger partial charge in [-0.2, -0.15) is 0 Å². The van der Waals surface area contributed by atoms with Gasteiger partial charge >= 0.3 is 0 Å². The smallest absolute Gasteiger partial charge is 0.108 e. The van der Waals surface area contributed by atoms with Crippen molar-refractivity contribution in [2.45, 2.75) is 44.6 Å². The molecule has 1 atom stereocenters. The lowest BCUT2D eigenvalue weighted by atomic mass is 9.76. The van der Waals surface area contributed by atoms with E-state index in [9.17, 15) is 0 Å². The lowest BCUT2D eigenvalue weighted by molar-refractivity contribution is 0.414. The molecule has 0 aliphatic heterocycles. The van der Waals surface area contributed by atoms with Crippen molar-refractivity contribution >= 4 is 0 Å². The third-order valence-corrected chi connectivity index (χ3v) is 4.55. The molecule has 1 N–H and O–H groups in total. The maximum absolute atomic E-state index is 5.62. The Labute approximate surface area is 121 Å². The minimum absolute atomic E-state index is 0.237. The summed E-state index contributed by atoms with van der Waals surface area (Å²) in [5.41, 5.74) is 4.21. The van der Waals surface area contributed by atoms with Crippen molar-refractivity contribution < 1.29 is 4.42 Å². The summed E-state index contributed by atoms with van der Waals surface area (Å²) in [6.07, 6.45) is 6.78. The summed E-state index contributed by atoms with van der Waals surface area (Å²) in [6, 6.07) is 11.2. The SMILES string of the molecule is CCc1occc1C(NC)c1ccccc1C1CCC1. The Kier molecular flexibility index (Phi) is 3.93. The second-order valence-corrected chi connectivity index (χ2v) is 5.63. The van der Waals surface area contributed by atoms with Crippen LogP contribution in [0.25, 0.3) is 0 Å². The van der Waals surface area contributed by atoms with E-state index in [1.807, 2.05) is 13.3 Å². The van der Waals surface area contributed by atoms with Gasteiger partial charge < -0.3 is 9.73 Å². The van der Waals surface area contributed by atoms with Crippen LogP contribution in [-0.4, -0.2) is 7.05 Å². The van der Waals surface area contributed by atoms with Gasteiger partial charge in [-0.05, 0) is 43.0 Å². The van der Waals surface area contributed by atoms with Gasteiger partial charge in [0.15, 0.2) is 0 Å². The number of rotatable bonds is 5. The summed E-state index contributed by atoms with van der Waals surface area (Å²) >= 11 is 0. The van der Waals surface area contributed by atoms with Crippen LogP contribution in [0.1, 0.15) is 60.6 Å². The average Bonchev–Trinajstić information content (AvgIpc) is 2.88. The molecule has 1 aromatic carbocycles. The van der Waals surface area contributed by atoms with E-state index in [4.69, 9.17) is 4.42 Å². The van der Waals surface area contributed by atoms with E-state index in [1.165, 1.54) is 36.0 Å². The molecule has 0 radical (unpaired) electrons. The lowest BCUT2D eigenvalue weighted by Gasteiger charge is -2.30. The molecule has 0 bridgehead atoms. The highest BCUT2D eigenvalue weighted by atomic mass is 16.3. The minimum Gasteiger partial charge on any atom is -0.469 e. The minimum atomic E-state index is 0.237. The van der Waals surface area contributed by atoms with Crippen LogP contribution in [0, 0.1) is 0 Å². The third-order valence-electron chi connectivity index (χ3n) is 4.55. The molecule has 3 rings (SSSR count). The Hall–Kier alpha value is -1.54. The predicted octanol–water partition coefficient (Wildman–Crippen LogP) is 4.42. The predicted molar refractivity (Wildman–Crippen MR) is 82.0 cm³/mol. The summed E-state index contributed by atoms with van der Waals surface area (Å²) in [5.74, 6) is 1.84. The number of aryl methyl sites for hydroxylation is 1. The molecular weight excluding hydrogens is 246 g/mol. The normalized spacial score (nSPS) is 16.9. The van der Waals surface area contributed by atoms with Gasteiger partial charge in [0.25, 0.3) is 0 Å². The Morgan fingerprint density at radius 1 is 1.20 bits per heavy atom. The maximum atomic E-state index is 5.62. The molecule has 0 saturated heterocycles. The second-order valence-electron chi connectivity index (χ2n) is 5.63. The van der Waals surface area contributed by atoms with Gasteiger partial charge in [-0.15, -0.1) is 0 Å². The molecule has 0 spiro atoms. The first-order chi connectivity index (χ1) is 9.85. The topological polar surface area (TPSA) is 25.2 Å². The molecule has 2 heteroatoms. The molecule has 2 nitrogen and oxygen atoms in total. The molecule has 1 aliphatic carbocycles. The highest BCUT2D eigenvalue weighted by Crippen LogP contribution is 2.41. The van der Waals surface area contributed by atoms with Gasteiger partial charge in [0.05, 0.1) is 12.3 Å². The lowest BCUT2D eigenvalue weighted by Crippen LogP contribution is -2.22. The van der Waals surface area contributed by atoms with Crippen molar-refractivity contribution in [2.75, 3.05) is 7.05 Å². The van der Waals surface area contributed by atoms with Gasteiger partial charge in [0.1, 0.15) is 5.76 Å². The third kappa shape index (κ3) is 2.29. The number of benzene rings is 1. The zero-order chi connectivity index (χ0) is 13.9. The first kappa shape index (κ1) is 13.4. The van der Waals surface area contributed by atoms with Crippen LogP contribution >= 0.6 is 0 Å². The highest BCUT2D eigenvalue weighted by molar-refractivity contribution is 5.40. The van der Waals surface area contributed by atoms with Crippen LogP contribution in [-0.2, 0) is 6.42 Å². The van der Waals surface area contributed by atoms with Gasteiger partial charge in [0, 0.05) is 12.0 Å². The first-order valence-electron chi connectivity index (χ1n) is 7.67. The molecule has 1 aliphatic rings. The van der Waals surface area contributed by atoms with E-state index in [2.05, 4.69) is 42.6 Å². The molecule has 1 saturated carbocycles. The quantitative estimate of drug-likeness (QED) is 0.869. The van der Waals surface area contributed by atoms with Crippen molar-refractivity contribution in [3.05, 3.63) is 59.0 Å². The summed E-state index contributed by atoms with van der Waals surface area (Å²) in [6.45, 7) is 2.15. The number of hydrogen-bond acceptors (Lipinski definition) is 2. The zero-order valence-electron chi connectivity index (χ0n) is 12.4. The van der Waals surface area contributed by atoms with E-state index in [-0.39, 0.29) is 6.04 Å². The fourth-order valence-electron chi connectivity index (χ4n) is 3.24. The number of nitrogens with one attached hydrogen (secondary N) is 1. The Morgan fingerprint density at radius 2 is 2.00 bits per heavy atom. The van der Waals surface area contributed by atoms with E-state index in [0.717, 1.165) is 18.1 Å². The molecule has 1 unspecified atom stereocenters. The molecule has 1 aromatic heterocycles. The zero-order valence-corrected chi connectivity index (χ0v) is 12.4. The monoisotopic (exact) mass is 269 g/mol. The van der Waals surface area contributed by atoms with Crippen LogP contribution < -0.4 is 5.32 Å². The van der Waals surface area contributed by atoms with Crippen molar-refractivity contribution in [3.8, 4) is 0 Å². The molecular formula is C18H23NO. The van der Waals surface area contributed by atoms with Crippen LogP contribution in [0.15, 0.2) is 41.0 Å². The molecule has 106 valence electrons. The van der Waals surface area contributed by atoms with Gasteiger partial charge in [-0.1, -0.05) is 37.6 Å². The Bertz CT molecular complexity index is 568. The molecule has 1 heterocycles. The molecule has 0 amide bonds. The summed E-state index contributed by atoms with van der Waals surface area (Å²) in [4.78, 5) is 0. The molecule has 1 fully saturated rings. The fraction of sp³-hybridized carbons (Fsp3) is 0.444. The maximum Gasteiger partial charge on any atom is 0.108 e. The van der Waals surface area contributed by atoms with Crippen LogP contribution in [0.2, 0.25) is 0 Å². The molecule has 2 aromatic rings. The fourth-order valence-corrected chi connectivity index (χ4v) is 3.24. The van der Waals surface area contributed by atoms with Gasteiger partial charge in [-0.3, -0.25) is 0 Å². The summed E-state index contributed by atoms with van der Waals surface area (Å²) in [7, 11) is 2.04. The Morgan fingerprint density at radius 3 is 2.65 bits per heavy atom. The second kappa shape index (κ2) is 5.84.